The van der Waals surface area contributed by atoms with Crippen LogP contribution < -0.4 is 23.7 Å². The quantitative estimate of drug-likeness (QED) is 0.288. The second-order valence-corrected chi connectivity index (χ2v) is 8.65. The lowest BCUT2D eigenvalue weighted by molar-refractivity contribution is -0.135. The molecule has 3 aromatic carbocycles. The van der Waals surface area contributed by atoms with Crippen LogP contribution in [0.25, 0.3) is 12.2 Å². The number of Topliss-reactive ketones (excluding diaryl/α,β-unsaturated/α-hetero) is 1. The van der Waals surface area contributed by atoms with Gasteiger partial charge in [-0.3, -0.25) is 9.59 Å². The van der Waals surface area contributed by atoms with Crippen molar-refractivity contribution in [1.29, 1.82) is 0 Å². The Bertz CT molecular complexity index is 1480. The number of rotatable bonds is 4. The first-order chi connectivity index (χ1) is 17.6. The van der Waals surface area contributed by atoms with E-state index >= 15 is 0 Å². The highest BCUT2D eigenvalue weighted by Gasteiger charge is 2.40. The maximum Gasteiger partial charge on any atom is 0.312 e. The molecule has 0 bridgehead atoms. The van der Waals surface area contributed by atoms with Gasteiger partial charge in [-0.15, -0.1) is 0 Å². The van der Waals surface area contributed by atoms with E-state index in [4.69, 9.17) is 23.7 Å². The summed E-state index contributed by atoms with van der Waals surface area (Å²) < 4.78 is 28.6. The molecule has 3 heterocycles. The molecule has 180 valence electrons. The number of hydrogen-bond donors (Lipinski definition) is 0. The normalized spacial score (nSPS) is 18.8. The lowest BCUT2D eigenvalue weighted by atomic mass is 9.83. The van der Waals surface area contributed by atoms with Gasteiger partial charge in [0.05, 0.1) is 26.2 Å². The summed E-state index contributed by atoms with van der Waals surface area (Å²) in [6, 6.07) is 16.4. The van der Waals surface area contributed by atoms with E-state index in [1.165, 1.54) is 0 Å². The fourth-order valence-corrected chi connectivity index (χ4v) is 4.92. The van der Waals surface area contributed by atoms with Gasteiger partial charge in [-0.2, -0.15) is 0 Å². The summed E-state index contributed by atoms with van der Waals surface area (Å²) >= 11 is 0. The zero-order valence-electron chi connectivity index (χ0n) is 19.7. The van der Waals surface area contributed by atoms with Crippen LogP contribution in [0.5, 0.6) is 28.7 Å². The number of ether oxygens (including phenoxy) is 5. The standard InChI is InChI=1S/C29H22O7/c1-32-23-9-5-7-17(28(23)33-2)13-24-27(31)19-10-11-22-26(29(19)36-24)20(14-25(30)35-22)18-12-16-6-3-4-8-21(16)34-15-18/h3-13,20H,14-15H2,1-2H3/b24-13-/t20-/m0/s1. The number of carbonyl (C=O) groups is 2. The molecule has 1 atom stereocenters. The predicted molar refractivity (Wildman–Crippen MR) is 132 cm³/mol. The Morgan fingerprint density at radius 3 is 2.61 bits per heavy atom. The zero-order chi connectivity index (χ0) is 24.8. The van der Waals surface area contributed by atoms with Gasteiger partial charge in [0.1, 0.15) is 23.9 Å². The van der Waals surface area contributed by atoms with E-state index in [1.54, 1.807) is 38.5 Å². The number of fused-ring (bicyclic) bond motifs is 4. The number of methoxy groups -OCH3 is 2. The fraction of sp³-hybridized carbons (Fsp3) is 0.172. The Balaban J connectivity index is 1.44. The van der Waals surface area contributed by atoms with Gasteiger partial charge in [-0.25, -0.2) is 0 Å². The Hall–Kier alpha value is -4.52. The summed E-state index contributed by atoms with van der Waals surface area (Å²) in [5, 5.41) is 0. The summed E-state index contributed by atoms with van der Waals surface area (Å²) in [6.07, 6.45) is 3.81. The smallest absolute Gasteiger partial charge is 0.312 e. The van der Waals surface area contributed by atoms with Crippen molar-refractivity contribution in [2.24, 2.45) is 0 Å². The second kappa shape index (κ2) is 8.61. The van der Waals surface area contributed by atoms with Crippen molar-refractivity contribution in [2.75, 3.05) is 20.8 Å². The van der Waals surface area contributed by atoms with E-state index in [0.29, 0.717) is 46.3 Å². The predicted octanol–water partition coefficient (Wildman–Crippen LogP) is 5.19. The van der Waals surface area contributed by atoms with Crippen LogP contribution >= 0.6 is 0 Å². The number of hydrogen-bond acceptors (Lipinski definition) is 7. The molecule has 0 saturated carbocycles. The number of allylic oxidation sites excluding steroid dienone is 1. The number of ketones is 1. The van der Waals surface area contributed by atoms with Crippen molar-refractivity contribution in [3.8, 4) is 28.7 Å². The van der Waals surface area contributed by atoms with Crippen molar-refractivity contribution in [2.45, 2.75) is 12.3 Å². The van der Waals surface area contributed by atoms with E-state index in [-0.39, 0.29) is 29.9 Å². The minimum atomic E-state index is -0.344. The summed E-state index contributed by atoms with van der Waals surface area (Å²) in [5.74, 6) is 1.84. The second-order valence-electron chi connectivity index (χ2n) is 8.65. The molecule has 36 heavy (non-hydrogen) atoms. The minimum Gasteiger partial charge on any atom is -0.493 e. The van der Waals surface area contributed by atoms with Crippen LogP contribution in [-0.4, -0.2) is 32.6 Å². The topological polar surface area (TPSA) is 80.3 Å². The van der Waals surface area contributed by atoms with E-state index in [2.05, 4.69) is 0 Å². The van der Waals surface area contributed by atoms with Crippen molar-refractivity contribution >= 4 is 23.9 Å². The van der Waals surface area contributed by atoms with Gasteiger partial charge in [-0.1, -0.05) is 30.3 Å². The molecule has 3 aliphatic heterocycles. The summed E-state index contributed by atoms with van der Waals surface area (Å²) in [7, 11) is 3.09. The van der Waals surface area contributed by atoms with Crippen LogP contribution in [0.3, 0.4) is 0 Å². The van der Waals surface area contributed by atoms with E-state index < -0.39 is 0 Å². The first-order valence-corrected chi connectivity index (χ1v) is 11.5. The third-order valence-electron chi connectivity index (χ3n) is 6.60. The molecule has 6 rings (SSSR count). The Kier molecular flexibility index (Phi) is 5.25. The molecule has 0 aliphatic carbocycles. The largest absolute Gasteiger partial charge is 0.493 e. The molecule has 3 aliphatic rings. The molecule has 7 heteroatoms. The highest BCUT2D eigenvalue weighted by atomic mass is 16.5. The van der Waals surface area contributed by atoms with E-state index in [0.717, 1.165) is 16.9 Å². The van der Waals surface area contributed by atoms with Gasteiger partial charge in [0.2, 0.25) is 5.78 Å². The van der Waals surface area contributed by atoms with Crippen LogP contribution in [-0.2, 0) is 4.79 Å². The third kappa shape index (κ3) is 3.51. The lowest BCUT2D eigenvalue weighted by Crippen LogP contribution is -2.24. The number of benzene rings is 3. The monoisotopic (exact) mass is 482 g/mol. The van der Waals surface area contributed by atoms with Crippen LogP contribution in [0.4, 0.5) is 0 Å². The van der Waals surface area contributed by atoms with Crippen molar-refractivity contribution in [3.63, 3.8) is 0 Å². The molecular weight excluding hydrogens is 460 g/mol. The molecule has 0 N–H and O–H groups in total. The number of esters is 1. The molecule has 7 nitrogen and oxygen atoms in total. The Morgan fingerprint density at radius 1 is 0.917 bits per heavy atom. The fourth-order valence-electron chi connectivity index (χ4n) is 4.92. The minimum absolute atomic E-state index is 0.126. The average molecular weight is 482 g/mol. The van der Waals surface area contributed by atoms with Crippen molar-refractivity contribution < 1.29 is 33.3 Å². The van der Waals surface area contributed by atoms with Crippen molar-refractivity contribution in [1.82, 2.24) is 0 Å². The Labute approximate surface area is 207 Å². The Morgan fingerprint density at radius 2 is 1.78 bits per heavy atom. The SMILES string of the molecule is COc1cccc(/C=C2\Oc3c(ccc4c3[C@H](C3=Cc5ccccc5OC3)CC(=O)O4)C2=O)c1OC. The zero-order valence-corrected chi connectivity index (χ0v) is 19.7. The van der Waals surface area contributed by atoms with Crippen LogP contribution in [0.2, 0.25) is 0 Å². The van der Waals surface area contributed by atoms with Crippen LogP contribution in [0.1, 0.15) is 39.4 Å². The van der Waals surface area contributed by atoms with Crippen LogP contribution in [0.15, 0.2) is 65.9 Å². The van der Waals surface area contributed by atoms with Crippen molar-refractivity contribution in [3.05, 3.63) is 88.2 Å². The van der Waals surface area contributed by atoms with Gasteiger partial charge in [0.15, 0.2) is 17.3 Å². The van der Waals surface area contributed by atoms with Gasteiger partial charge in [-0.05, 0) is 42.0 Å². The van der Waals surface area contributed by atoms with E-state index in [1.807, 2.05) is 42.5 Å². The van der Waals surface area contributed by atoms with E-state index in [9.17, 15) is 9.59 Å². The molecule has 0 saturated heterocycles. The maximum absolute atomic E-state index is 13.3. The third-order valence-corrected chi connectivity index (χ3v) is 6.60. The molecule has 0 amide bonds. The molecule has 0 spiro atoms. The maximum atomic E-state index is 13.3. The molecule has 0 radical (unpaired) electrons. The number of para-hydroxylation sites is 2. The summed E-state index contributed by atoms with van der Waals surface area (Å²) in [5.41, 5.74) is 3.60. The highest BCUT2D eigenvalue weighted by molar-refractivity contribution is 6.15. The number of carbonyl (C=O) groups excluding carboxylic acids is 2. The van der Waals surface area contributed by atoms with Crippen LogP contribution in [0, 0.1) is 0 Å². The molecule has 0 unspecified atom stereocenters. The molecule has 0 aromatic heterocycles. The van der Waals surface area contributed by atoms with Gasteiger partial charge >= 0.3 is 5.97 Å². The molecule has 3 aromatic rings. The molecule has 0 fully saturated rings. The first kappa shape index (κ1) is 22.0. The van der Waals surface area contributed by atoms with Gasteiger partial charge in [0, 0.05) is 22.6 Å². The summed E-state index contributed by atoms with van der Waals surface area (Å²) in [4.78, 5) is 25.8. The first-order valence-electron chi connectivity index (χ1n) is 11.5. The summed E-state index contributed by atoms with van der Waals surface area (Å²) in [6.45, 7) is 0.329. The molecular formula is C29H22O7. The average Bonchev–Trinajstić information content (AvgIpc) is 3.22. The van der Waals surface area contributed by atoms with Gasteiger partial charge in [0.25, 0.3) is 0 Å². The highest BCUT2D eigenvalue weighted by Crippen LogP contribution is 2.50. The lowest BCUT2D eigenvalue weighted by Gasteiger charge is -2.30. The van der Waals surface area contributed by atoms with Gasteiger partial charge < -0.3 is 23.7 Å².